The summed E-state index contributed by atoms with van der Waals surface area (Å²) in [4.78, 5) is 13.6. The van der Waals surface area contributed by atoms with E-state index in [1.807, 2.05) is 49.4 Å². The molecular weight excluding hydrogens is 420 g/mol. The SMILES string of the molecule is COc1ccc([C@H]2CC(=O)C3=C(C2)Nc2onc(C)c2[C@H]3c2ccc(OC)cc2OC)cc1. The maximum absolute atomic E-state index is 13.6. The number of ketones is 1. The van der Waals surface area contributed by atoms with Crippen LogP contribution in [-0.4, -0.2) is 32.3 Å². The molecule has 1 aliphatic carbocycles. The van der Waals surface area contributed by atoms with E-state index in [0.717, 1.165) is 39.4 Å². The van der Waals surface area contributed by atoms with Crippen LogP contribution in [0.2, 0.25) is 0 Å². The summed E-state index contributed by atoms with van der Waals surface area (Å²) in [7, 11) is 4.89. The highest BCUT2D eigenvalue weighted by Gasteiger charge is 2.42. The molecule has 0 amide bonds. The summed E-state index contributed by atoms with van der Waals surface area (Å²) in [5.41, 5.74) is 5.23. The van der Waals surface area contributed by atoms with E-state index in [1.165, 1.54) is 0 Å². The Hall–Kier alpha value is -3.74. The highest BCUT2D eigenvalue weighted by molar-refractivity contribution is 6.01. The van der Waals surface area contributed by atoms with Gasteiger partial charge in [0.1, 0.15) is 17.2 Å². The maximum Gasteiger partial charge on any atom is 0.233 e. The quantitative estimate of drug-likeness (QED) is 0.593. The number of Topliss-reactive ketones (excluding diaryl/α,β-unsaturated/α-hetero) is 1. The molecule has 2 aliphatic rings. The number of carbonyl (C=O) groups is 1. The topological polar surface area (TPSA) is 82.8 Å². The Morgan fingerprint density at radius 2 is 1.70 bits per heavy atom. The molecule has 7 nitrogen and oxygen atoms in total. The van der Waals surface area contributed by atoms with Gasteiger partial charge in [-0.3, -0.25) is 4.79 Å². The van der Waals surface area contributed by atoms with Crippen LogP contribution in [0, 0.1) is 6.92 Å². The minimum Gasteiger partial charge on any atom is -0.497 e. The van der Waals surface area contributed by atoms with Gasteiger partial charge in [-0.2, -0.15) is 0 Å². The van der Waals surface area contributed by atoms with Gasteiger partial charge >= 0.3 is 0 Å². The molecule has 1 aromatic heterocycles. The zero-order valence-electron chi connectivity index (χ0n) is 19.1. The van der Waals surface area contributed by atoms with Crippen LogP contribution in [-0.2, 0) is 4.79 Å². The maximum atomic E-state index is 13.6. The van der Waals surface area contributed by atoms with E-state index in [1.54, 1.807) is 21.3 Å². The Labute approximate surface area is 192 Å². The Morgan fingerprint density at radius 1 is 0.970 bits per heavy atom. The van der Waals surface area contributed by atoms with Crippen LogP contribution < -0.4 is 19.5 Å². The molecule has 2 heterocycles. The van der Waals surface area contributed by atoms with Gasteiger partial charge in [0, 0.05) is 29.3 Å². The monoisotopic (exact) mass is 446 g/mol. The molecule has 170 valence electrons. The van der Waals surface area contributed by atoms with Crippen molar-refractivity contribution in [2.24, 2.45) is 0 Å². The number of ether oxygens (including phenoxy) is 3. The third-order valence-electron chi connectivity index (χ3n) is 6.60. The van der Waals surface area contributed by atoms with Crippen LogP contribution in [0.15, 0.2) is 58.3 Å². The van der Waals surface area contributed by atoms with Gasteiger partial charge in [-0.15, -0.1) is 0 Å². The Kier molecular flexibility index (Phi) is 5.32. The number of aromatic nitrogens is 1. The molecule has 1 aliphatic heterocycles. The molecule has 2 atom stereocenters. The van der Waals surface area contributed by atoms with Crippen molar-refractivity contribution >= 4 is 11.7 Å². The number of nitrogens with one attached hydrogen (secondary N) is 1. The van der Waals surface area contributed by atoms with Crippen LogP contribution in [0.5, 0.6) is 17.2 Å². The first-order valence-corrected chi connectivity index (χ1v) is 10.9. The van der Waals surface area contributed by atoms with Crippen molar-refractivity contribution in [2.75, 3.05) is 26.6 Å². The number of carbonyl (C=O) groups excluding carboxylic acids is 1. The molecule has 33 heavy (non-hydrogen) atoms. The Bertz CT molecular complexity index is 1240. The normalized spacial score (nSPS) is 19.5. The molecule has 0 saturated carbocycles. The minimum absolute atomic E-state index is 0.0682. The number of nitrogens with zero attached hydrogens (tertiary/aromatic N) is 1. The van der Waals surface area contributed by atoms with Crippen molar-refractivity contribution in [2.45, 2.75) is 31.6 Å². The number of fused-ring (bicyclic) bond motifs is 1. The lowest BCUT2D eigenvalue weighted by molar-refractivity contribution is -0.116. The first-order valence-electron chi connectivity index (χ1n) is 10.9. The van der Waals surface area contributed by atoms with Gasteiger partial charge in [-0.05, 0) is 43.0 Å². The lowest BCUT2D eigenvalue weighted by atomic mass is 9.72. The average molecular weight is 447 g/mol. The second-order valence-corrected chi connectivity index (χ2v) is 8.37. The molecule has 2 aromatic carbocycles. The smallest absolute Gasteiger partial charge is 0.233 e. The molecule has 0 radical (unpaired) electrons. The van der Waals surface area contributed by atoms with Crippen molar-refractivity contribution < 1.29 is 23.5 Å². The standard InChI is InChI=1S/C26H26N2O5/c1-14-23-24(19-10-9-18(31-3)13-22(19)32-4)25-20(27-26(23)33-28-14)11-16(12-21(25)29)15-5-7-17(30-2)8-6-15/h5-10,13,16,24,27H,11-12H2,1-4H3/t16-,24-/m1/s1. The Balaban J connectivity index is 1.61. The fourth-order valence-electron chi connectivity index (χ4n) is 4.95. The zero-order chi connectivity index (χ0) is 23.1. The largest absolute Gasteiger partial charge is 0.497 e. The van der Waals surface area contributed by atoms with Crippen LogP contribution in [0.3, 0.4) is 0 Å². The molecule has 0 spiro atoms. The van der Waals surface area contributed by atoms with E-state index >= 15 is 0 Å². The van der Waals surface area contributed by atoms with Crippen molar-refractivity contribution in [1.29, 1.82) is 0 Å². The summed E-state index contributed by atoms with van der Waals surface area (Å²) >= 11 is 0. The fraction of sp³-hybridized carbons (Fsp3) is 0.308. The van der Waals surface area contributed by atoms with Gasteiger partial charge < -0.3 is 24.1 Å². The van der Waals surface area contributed by atoms with Gasteiger partial charge in [0.15, 0.2) is 5.78 Å². The summed E-state index contributed by atoms with van der Waals surface area (Å²) in [5, 5.41) is 7.56. The second kappa shape index (κ2) is 8.31. The molecule has 7 heteroatoms. The predicted octanol–water partition coefficient (Wildman–Crippen LogP) is 4.97. The molecule has 3 aromatic rings. The van der Waals surface area contributed by atoms with Gasteiger partial charge in [-0.25, -0.2) is 0 Å². The van der Waals surface area contributed by atoms with Crippen molar-refractivity contribution in [3.05, 3.63) is 76.1 Å². The number of hydrogen-bond acceptors (Lipinski definition) is 7. The minimum atomic E-state index is -0.326. The lowest BCUT2D eigenvalue weighted by Crippen LogP contribution is -2.29. The first-order chi connectivity index (χ1) is 16.0. The highest BCUT2D eigenvalue weighted by Crippen LogP contribution is 2.51. The molecule has 0 fully saturated rings. The number of methoxy groups -OCH3 is 3. The number of hydrogen-bond donors (Lipinski definition) is 1. The zero-order valence-corrected chi connectivity index (χ0v) is 19.1. The number of rotatable bonds is 5. The molecule has 0 unspecified atom stereocenters. The van der Waals surface area contributed by atoms with E-state index in [-0.39, 0.29) is 17.6 Å². The van der Waals surface area contributed by atoms with Crippen LogP contribution in [0.4, 0.5) is 5.88 Å². The summed E-state index contributed by atoms with van der Waals surface area (Å²) in [6.45, 7) is 1.89. The van der Waals surface area contributed by atoms with Gasteiger partial charge in [0.25, 0.3) is 0 Å². The molecule has 1 N–H and O–H groups in total. The fourth-order valence-corrected chi connectivity index (χ4v) is 4.95. The predicted molar refractivity (Wildman–Crippen MR) is 123 cm³/mol. The van der Waals surface area contributed by atoms with Crippen LogP contribution >= 0.6 is 0 Å². The van der Waals surface area contributed by atoms with Crippen molar-refractivity contribution in [1.82, 2.24) is 5.16 Å². The van der Waals surface area contributed by atoms with Crippen LogP contribution in [0.1, 0.15) is 47.1 Å². The van der Waals surface area contributed by atoms with Crippen molar-refractivity contribution in [3.8, 4) is 17.2 Å². The van der Waals surface area contributed by atoms with E-state index in [2.05, 4.69) is 10.5 Å². The van der Waals surface area contributed by atoms with E-state index in [0.29, 0.717) is 30.2 Å². The van der Waals surface area contributed by atoms with E-state index < -0.39 is 0 Å². The third-order valence-corrected chi connectivity index (χ3v) is 6.60. The summed E-state index contributed by atoms with van der Waals surface area (Å²) < 4.78 is 22.0. The summed E-state index contributed by atoms with van der Waals surface area (Å²) in [5.74, 6) is 2.58. The molecule has 0 bridgehead atoms. The average Bonchev–Trinajstić information content (AvgIpc) is 3.22. The van der Waals surface area contributed by atoms with Crippen molar-refractivity contribution in [3.63, 3.8) is 0 Å². The molecule has 5 rings (SSSR count). The highest BCUT2D eigenvalue weighted by atomic mass is 16.5. The van der Waals surface area contributed by atoms with E-state index in [4.69, 9.17) is 18.7 Å². The molecule has 0 saturated heterocycles. The number of benzene rings is 2. The first kappa shape index (κ1) is 21.1. The number of allylic oxidation sites excluding steroid dienone is 2. The third kappa shape index (κ3) is 3.53. The number of aryl methyl sites for hydroxylation is 1. The summed E-state index contributed by atoms with van der Waals surface area (Å²) in [6.07, 6.45) is 1.13. The van der Waals surface area contributed by atoms with E-state index in [9.17, 15) is 4.79 Å². The van der Waals surface area contributed by atoms with Gasteiger partial charge in [0.05, 0.1) is 38.5 Å². The molecular formula is C26H26N2O5. The van der Waals surface area contributed by atoms with Gasteiger partial charge in [0.2, 0.25) is 5.88 Å². The van der Waals surface area contributed by atoms with Gasteiger partial charge in [-0.1, -0.05) is 23.4 Å². The Morgan fingerprint density at radius 3 is 2.39 bits per heavy atom. The summed E-state index contributed by atoms with van der Waals surface area (Å²) in [6, 6.07) is 13.6. The lowest BCUT2D eigenvalue weighted by Gasteiger charge is -2.35. The number of anilines is 1. The van der Waals surface area contributed by atoms with Crippen LogP contribution in [0.25, 0.3) is 0 Å². The second-order valence-electron chi connectivity index (χ2n) is 8.37.